The Morgan fingerprint density at radius 3 is 2.02 bits per heavy atom. The topological polar surface area (TPSA) is 93.1 Å². The number of ether oxygens (including phenoxy) is 4. The quantitative estimate of drug-likeness (QED) is 0.195. The van der Waals surface area contributed by atoms with Crippen LogP contribution in [-0.2, 0) is 38.8 Å². The minimum atomic E-state index is -1.02. The highest BCUT2D eigenvalue weighted by atomic mass is 16.6. The lowest BCUT2D eigenvalue weighted by Gasteiger charge is -2.32. The minimum Gasteiger partial charge on any atom is -0.382 e. The third-order valence-electron chi connectivity index (χ3n) is 7.57. The summed E-state index contributed by atoms with van der Waals surface area (Å²) in [5.74, 6) is 0.383. The van der Waals surface area contributed by atoms with Crippen molar-refractivity contribution in [3.8, 4) is 0 Å². The molecule has 8 heteroatoms. The Labute approximate surface area is 245 Å². The van der Waals surface area contributed by atoms with Crippen LogP contribution in [0.25, 0.3) is 5.52 Å². The summed E-state index contributed by atoms with van der Waals surface area (Å²) in [6, 6.07) is 34.0. The van der Waals surface area contributed by atoms with Crippen molar-refractivity contribution in [2.24, 2.45) is 0 Å². The first-order valence-electron chi connectivity index (χ1n) is 14.0. The zero-order valence-corrected chi connectivity index (χ0v) is 23.3. The maximum Gasteiger partial charge on any atom is 0.151 e. The van der Waals surface area contributed by atoms with E-state index in [1.54, 1.807) is 10.6 Å². The van der Waals surface area contributed by atoms with E-state index in [9.17, 15) is 0 Å². The predicted molar refractivity (Wildman–Crippen MR) is 160 cm³/mol. The van der Waals surface area contributed by atoms with Crippen LogP contribution in [0.4, 0.5) is 5.82 Å². The Hall–Kier alpha value is -4.34. The van der Waals surface area contributed by atoms with Gasteiger partial charge >= 0.3 is 0 Å². The van der Waals surface area contributed by atoms with Gasteiger partial charge in [0, 0.05) is 0 Å². The molecule has 0 radical (unpaired) electrons. The molecule has 0 amide bonds. The molecule has 8 nitrogen and oxygen atoms in total. The number of nitrogens with zero attached hydrogens (tertiary/aromatic N) is 3. The van der Waals surface area contributed by atoms with Crippen LogP contribution in [0.5, 0.6) is 0 Å². The molecule has 1 saturated heterocycles. The highest BCUT2D eigenvalue weighted by molar-refractivity contribution is 5.65. The first-order chi connectivity index (χ1) is 20.7. The summed E-state index contributed by atoms with van der Waals surface area (Å²) >= 11 is 0. The summed E-state index contributed by atoms with van der Waals surface area (Å²) in [5.41, 5.74) is 9.77. The van der Waals surface area contributed by atoms with E-state index in [-0.39, 0.29) is 6.61 Å². The summed E-state index contributed by atoms with van der Waals surface area (Å²) in [7, 11) is 0. The Morgan fingerprint density at radius 1 is 0.810 bits per heavy atom. The highest BCUT2D eigenvalue weighted by Gasteiger charge is 2.56. The molecule has 5 aromatic rings. The molecule has 0 spiro atoms. The van der Waals surface area contributed by atoms with Gasteiger partial charge < -0.3 is 24.7 Å². The summed E-state index contributed by atoms with van der Waals surface area (Å²) in [4.78, 5) is 4.15. The molecular weight excluding hydrogens is 528 g/mol. The number of aromatic nitrogens is 3. The monoisotopic (exact) mass is 562 g/mol. The van der Waals surface area contributed by atoms with E-state index >= 15 is 0 Å². The van der Waals surface area contributed by atoms with E-state index in [2.05, 4.69) is 16.7 Å². The van der Waals surface area contributed by atoms with Crippen LogP contribution in [0, 0.1) is 0 Å². The van der Waals surface area contributed by atoms with E-state index in [1.807, 2.05) is 103 Å². The lowest BCUT2D eigenvalue weighted by molar-refractivity contribution is -0.124. The Morgan fingerprint density at radius 2 is 1.40 bits per heavy atom. The number of hydrogen-bond donors (Lipinski definition) is 1. The van der Waals surface area contributed by atoms with Crippen molar-refractivity contribution in [1.29, 1.82) is 0 Å². The number of anilines is 1. The number of fused-ring (bicyclic) bond motifs is 1. The first-order valence-corrected chi connectivity index (χ1v) is 14.0. The van der Waals surface area contributed by atoms with Crippen LogP contribution >= 0.6 is 0 Å². The van der Waals surface area contributed by atoms with Crippen molar-refractivity contribution in [2.75, 3.05) is 12.3 Å². The van der Waals surface area contributed by atoms with Gasteiger partial charge in [-0.3, -0.25) is 0 Å². The van der Waals surface area contributed by atoms with Crippen LogP contribution in [-0.4, -0.2) is 39.0 Å². The van der Waals surface area contributed by atoms with Crippen molar-refractivity contribution < 1.29 is 18.9 Å². The van der Waals surface area contributed by atoms with Crippen LogP contribution < -0.4 is 5.73 Å². The fourth-order valence-electron chi connectivity index (χ4n) is 5.40. The van der Waals surface area contributed by atoms with Crippen molar-refractivity contribution in [3.63, 3.8) is 0 Å². The molecule has 214 valence electrons. The number of nitrogens with two attached hydrogens (primary N) is 1. The molecule has 4 atom stereocenters. The van der Waals surface area contributed by atoms with Gasteiger partial charge in [0.1, 0.15) is 35.8 Å². The second kappa shape index (κ2) is 12.7. The molecule has 1 fully saturated rings. The molecule has 1 aliphatic rings. The number of hydrogen-bond acceptors (Lipinski definition) is 7. The second-order valence-electron chi connectivity index (χ2n) is 10.4. The van der Waals surface area contributed by atoms with Crippen molar-refractivity contribution in [2.45, 2.75) is 43.7 Å². The lowest BCUT2D eigenvalue weighted by Crippen LogP contribution is -2.47. The van der Waals surface area contributed by atoms with Crippen LogP contribution in [0.1, 0.15) is 28.5 Å². The zero-order valence-electron chi connectivity index (χ0n) is 23.3. The van der Waals surface area contributed by atoms with Gasteiger partial charge in [0.2, 0.25) is 0 Å². The fourth-order valence-corrected chi connectivity index (χ4v) is 5.40. The summed E-state index contributed by atoms with van der Waals surface area (Å²) < 4.78 is 28.3. The van der Waals surface area contributed by atoms with E-state index in [4.69, 9.17) is 24.7 Å². The number of nitrogen functional groups attached to an aromatic ring is 1. The molecule has 0 unspecified atom stereocenters. The van der Waals surface area contributed by atoms with Crippen molar-refractivity contribution in [3.05, 3.63) is 144 Å². The smallest absolute Gasteiger partial charge is 0.151 e. The SMILES string of the molecule is C=C[C@]1(COCc2ccccc2)O[C@@H](c2ccc3c(N)ncnn23)[C@H](OCc2ccccc2)[C@@H]1OCc1ccccc1. The van der Waals surface area contributed by atoms with Crippen LogP contribution in [0.2, 0.25) is 0 Å². The maximum atomic E-state index is 6.92. The normalized spacial score (nSPS) is 22.0. The third kappa shape index (κ3) is 5.84. The molecule has 0 bridgehead atoms. The molecule has 2 N–H and O–H groups in total. The van der Waals surface area contributed by atoms with E-state index in [0.717, 1.165) is 22.4 Å². The van der Waals surface area contributed by atoms with Gasteiger partial charge in [-0.15, -0.1) is 6.58 Å². The summed E-state index contributed by atoms with van der Waals surface area (Å²) in [6.07, 6.45) is 1.58. The average Bonchev–Trinajstić information content (AvgIpc) is 3.60. The van der Waals surface area contributed by atoms with Gasteiger partial charge in [-0.1, -0.05) is 97.1 Å². The Balaban J connectivity index is 1.36. The second-order valence-corrected chi connectivity index (χ2v) is 10.4. The summed E-state index contributed by atoms with van der Waals surface area (Å²) in [6.45, 7) is 5.57. The molecule has 3 aromatic carbocycles. The highest BCUT2D eigenvalue weighted by Crippen LogP contribution is 2.45. The molecule has 3 heterocycles. The molecule has 6 rings (SSSR count). The standard InChI is InChI=1S/C34H34N4O4/c1-2-34(23-39-20-25-12-6-3-7-13-25)32(41-22-27-16-10-5-11-17-27)31(40-21-26-14-8-4-9-15-26)30(42-34)28-18-19-29-33(35)36-24-37-38(28)29/h2-19,24,30-32H,1,20-23H2,(H2,35,36,37)/t30-,31-,32-,34+/m0/s1. The van der Waals surface area contributed by atoms with Gasteiger partial charge in [0.25, 0.3) is 0 Å². The van der Waals surface area contributed by atoms with Crippen LogP contribution in [0.15, 0.2) is 122 Å². The lowest BCUT2D eigenvalue weighted by atomic mass is 9.94. The molecule has 0 saturated carbocycles. The van der Waals surface area contributed by atoms with Gasteiger partial charge in [0.15, 0.2) is 5.82 Å². The van der Waals surface area contributed by atoms with E-state index in [1.165, 1.54) is 6.33 Å². The van der Waals surface area contributed by atoms with E-state index < -0.39 is 23.9 Å². The maximum absolute atomic E-state index is 6.92. The van der Waals surface area contributed by atoms with Gasteiger partial charge in [0.05, 0.1) is 32.1 Å². The predicted octanol–water partition coefficient (Wildman–Crippen LogP) is 5.70. The molecule has 0 aliphatic carbocycles. The molecule has 1 aliphatic heterocycles. The average molecular weight is 563 g/mol. The largest absolute Gasteiger partial charge is 0.382 e. The molecule has 2 aromatic heterocycles. The zero-order chi connectivity index (χ0) is 28.8. The van der Waals surface area contributed by atoms with Gasteiger partial charge in [-0.05, 0) is 28.8 Å². The number of rotatable bonds is 12. The Bertz CT molecular complexity index is 1600. The fraction of sp³-hybridized carbons (Fsp3) is 0.235. The Kier molecular flexibility index (Phi) is 8.39. The first kappa shape index (κ1) is 27.8. The number of benzene rings is 3. The van der Waals surface area contributed by atoms with Crippen LogP contribution in [0.3, 0.4) is 0 Å². The van der Waals surface area contributed by atoms with Gasteiger partial charge in [-0.2, -0.15) is 5.10 Å². The minimum absolute atomic E-state index is 0.215. The van der Waals surface area contributed by atoms with Crippen molar-refractivity contribution in [1.82, 2.24) is 14.6 Å². The van der Waals surface area contributed by atoms with E-state index in [0.29, 0.717) is 31.2 Å². The van der Waals surface area contributed by atoms with Gasteiger partial charge in [-0.25, -0.2) is 9.50 Å². The van der Waals surface area contributed by atoms with Crippen molar-refractivity contribution >= 4 is 11.3 Å². The third-order valence-corrected chi connectivity index (χ3v) is 7.57. The summed E-state index contributed by atoms with van der Waals surface area (Å²) in [5, 5.41) is 4.49. The molecule has 42 heavy (non-hydrogen) atoms. The molecular formula is C34H34N4O4.